The van der Waals surface area contributed by atoms with Gasteiger partial charge in [0.2, 0.25) is 15.8 Å². The van der Waals surface area contributed by atoms with Crippen LogP contribution in [0, 0.1) is 13.8 Å². The molecular weight excluding hydrogens is 444 g/mol. The van der Waals surface area contributed by atoms with Crippen molar-refractivity contribution in [1.29, 1.82) is 0 Å². The van der Waals surface area contributed by atoms with Gasteiger partial charge in [0.15, 0.2) is 6.61 Å². The molecule has 0 amide bonds. The molecule has 2 heterocycles. The minimum Gasteiger partial charge on any atom is -0.468 e. The van der Waals surface area contributed by atoms with Crippen LogP contribution in [-0.4, -0.2) is 31.8 Å². The van der Waals surface area contributed by atoms with Gasteiger partial charge in [0.05, 0.1) is 23.3 Å². The van der Waals surface area contributed by atoms with Gasteiger partial charge in [-0.3, -0.25) is 4.79 Å². The fourth-order valence-corrected chi connectivity index (χ4v) is 4.59. The Morgan fingerprint density at radius 2 is 1.85 bits per heavy atom. The van der Waals surface area contributed by atoms with Crippen LogP contribution in [0.4, 0.5) is 0 Å². The van der Waals surface area contributed by atoms with Crippen molar-refractivity contribution in [3.05, 3.63) is 89.0 Å². The van der Waals surface area contributed by atoms with E-state index in [-0.39, 0.29) is 22.8 Å². The molecule has 4 aromatic rings. The summed E-state index contributed by atoms with van der Waals surface area (Å²) < 4.78 is 38.1. The summed E-state index contributed by atoms with van der Waals surface area (Å²) in [5.41, 5.74) is 2.57. The summed E-state index contributed by atoms with van der Waals surface area (Å²) in [6.45, 7) is 2.95. The lowest BCUT2D eigenvalue weighted by molar-refractivity contribution is 0.0474. The first-order valence-corrected chi connectivity index (χ1v) is 11.6. The van der Waals surface area contributed by atoms with Crippen LogP contribution in [0.3, 0.4) is 0 Å². The van der Waals surface area contributed by atoms with Crippen molar-refractivity contribution >= 4 is 32.7 Å². The van der Waals surface area contributed by atoms with Crippen LogP contribution in [0.1, 0.15) is 37.7 Å². The molecular formula is C24H22N2O6S. The normalized spacial score (nSPS) is 11.6. The standard InChI is InChI=1S/C24H22N2O6S/c1-15-9-10-18(33(29,30)25-13-17-6-5-11-31-17)12-20(15)24(28)32-14-22(27)23-16(2)26-21-8-4-3-7-19(21)23/h3-12,25-26H,13-14H2,1-2H3. The van der Waals surface area contributed by atoms with Gasteiger partial charge in [-0.1, -0.05) is 24.3 Å². The first-order chi connectivity index (χ1) is 15.8. The second-order valence-corrected chi connectivity index (χ2v) is 9.32. The maximum Gasteiger partial charge on any atom is 0.338 e. The first-order valence-electron chi connectivity index (χ1n) is 10.2. The molecule has 0 aliphatic heterocycles. The van der Waals surface area contributed by atoms with E-state index in [4.69, 9.17) is 9.15 Å². The van der Waals surface area contributed by atoms with E-state index in [9.17, 15) is 18.0 Å². The highest BCUT2D eigenvalue weighted by Crippen LogP contribution is 2.23. The van der Waals surface area contributed by atoms with Gasteiger partial charge in [-0.25, -0.2) is 17.9 Å². The predicted octanol–water partition coefficient (Wildman–Crippen LogP) is 3.90. The molecule has 0 radical (unpaired) electrons. The van der Waals surface area contributed by atoms with Crippen molar-refractivity contribution in [2.45, 2.75) is 25.3 Å². The lowest BCUT2D eigenvalue weighted by Gasteiger charge is -2.10. The third kappa shape index (κ3) is 4.74. The second-order valence-electron chi connectivity index (χ2n) is 7.55. The minimum absolute atomic E-state index is 0.0263. The SMILES string of the molecule is Cc1ccc(S(=O)(=O)NCc2ccco2)cc1C(=O)OCC(=O)c1c(C)[nH]c2ccccc12. The summed E-state index contributed by atoms with van der Waals surface area (Å²) in [7, 11) is -3.89. The summed E-state index contributed by atoms with van der Waals surface area (Å²) in [6, 6.07) is 14.8. The Hall–Kier alpha value is -3.69. The van der Waals surface area contributed by atoms with Gasteiger partial charge in [0, 0.05) is 22.2 Å². The number of esters is 1. The highest BCUT2D eigenvalue weighted by molar-refractivity contribution is 7.89. The molecule has 0 atom stereocenters. The van der Waals surface area contributed by atoms with Crippen LogP contribution in [0.15, 0.2) is 70.2 Å². The minimum atomic E-state index is -3.89. The van der Waals surface area contributed by atoms with Gasteiger partial charge in [-0.2, -0.15) is 0 Å². The number of ether oxygens (including phenoxy) is 1. The summed E-state index contributed by atoms with van der Waals surface area (Å²) in [4.78, 5) is 28.5. The predicted molar refractivity (Wildman–Crippen MR) is 122 cm³/mol. The fraction of sp³-hybridized carbons (Fsp3) is 0.167. The lowest BCUT2D eigenvalue weighted by atomic mass is 10.1. The molecule has 0 aliphatic carbocycles. The number of sulfonamides is 1. The second kappa shape index (κ2) is 9.05. The zero-order valence-corrected chi connectivity index (χ0v) is 18.9. The molecule has 2 N–H and O–H groups in total. The van der Waals surface area contributed by atoms with Crippen LogP contribution >= 0.6 is 0 Å². The molecule has 2 aromatic carbocycles. The third-order valence-corrected chi connectivity index (χ3v) is 6.66. The van der Waals surface area contributed by atoms with Crippen molar-refractivity contribution in [3.8, 4) is 0 Å². The zero-order valence-electron chi connectivity index (χ0n) is 18.0. The molecule has 170 valence electrons. The number of ketones is 1. The molecule has 0 saturated heterocycles. The number of benzene rings is 2. The van der Waals surface area contributed by atoms with Crippen LogP contribution < -0.4 is 4.72 Å². The summed E-state index contributed by atoms with van der Waals surface area (Å²) in [5, 5.41) is 0.753. The Balaban J connectivity index is 1.49. The molecule has 0 unspecified atom stereocenters. The van der Waals surface area contributed by atoms with Gasteiger partial charge in [0.25, 0.3) is 0 Å². The van der Waals surface area contributed by atoms with E-state index in [0.29, 0.717) is 22.6 Å². The summed E-state index contributed by atoms with van der Waals surface area (Å²) in [6.07, 6.45) is 1.45. The van der Waals surface area contributed by atoms with Crippen LogP contribution in [0.2, 0.25) is 0 Å². The molecule has 9 heteroatoms. The number of hydrogen-bond donors (Lipinski definition) is 2. The quantitative estimate of drug-likeness (QED) is 0.300. The highest BCUT2D eigenvalue weighted by atomic mass is 32.2. The Kier molecular flexibility index (Phi) is 6.17. The Bertz CT molecular complexity index is 1440. The third-order valence-electron chi connectivity index (χ3n) is 5.26. The number of rotatable bonds is 8. The van der Waals surface area contributed by atoms with Gasteiger partial charge >= 0.3 is 5.97 Å². The number of hydrogen-bond acceptors (Lipinski definition) is 6. The van der Waals surface area contributed by atoms with Crippen molar-refractivity contribution in [1.82, 2.24) is 9.71 Å². The average Bonchev–Trinajstić information content (AvgIpc) is 3.43. The molecule has 4 rings (SSSR count). The number of aromatic nitrogens is 1. The fourth-order valence-electron chi connectivity index (χ4n) is 3.57. The van der Waals surface area contributed by atoms with Crippen LogP contribution in [0.5, 0.6) is 0 Å². The number of H-pyrrole nitrogens is 1. The van der Waals surface area contributed by atoms with E-state index in [2.05, 4.69) is 9.71 Å². The van der Waals surface area contributed by atoms with Crippen molar-refractivity contribution in [2.24, 2.45) is 0 Å². The number of furan rings is 1. The average molecular weight is 467 g/mol. The molecule has 8 nitrogen and oxygen atoms in total. The van der Waals surface area contributed by atoms with Crippen LogP contribution in [0.25, 0.3) is 10.9 Å². The summed E-state index contributed by atoms with van der Waals surface area (Å²) in [5.74, 6) is -0.669. The van der Waals surface area contributed by atoms with E-state index in [1.165, 1.54) is 24.5 Å². The lowest BCUT2D eigenvalue weighted by Crippen LogP contribution is -2.23. The molecule has 0 spiro atoms. The maximum absolute atomic E-state index is 12.8. The number of carbonyl (C=O) groups excluding carboxylic acids is 2. The highest BCUT2D eigenvalue weighted by Gasteiger charge is 2.21. The smallest absolute Gasteiger partial charge is 0.338 e. The molecule has 0 saturated carbocycles. The molecule has 0 bridgehead atoms. The van der Waals surface area contributed by atoms with E-state index in [1.807, 2.05) is 24.3 Å². The Morgan fingerprint density at radius 3 is 2.61 bits per heavy atom. The van der Waals surface area contributed by atoms with Crippen LogP contribution in [-0.2, 0) is 21.3 Å². The van der Waals surface area contributed by atoms with Gasteiger partial charge in [-0.15, -0.1) is 0 Å². The molecule has 0 fully saturated rings. The number of Topliss-reactive ketones (excluding diaryl/α,β-unsaturated/α-hetero) is 1. The Morgan fingerprint density at radius 1 is 1.06 bits per heavy atom. The number of aryl methyl sites for hydroxylation is 2. The van der Waals surface area contributed by atoms with E-state index in [0.717, 1.165) is 10.9 Å². The van der Waals surface area contributed by atoms with Gasteiger partial charge in [0.1, 0.15) is 5.76 Å². The van der Waals surface area contributed by atoms with Crippen molar-refractivity contribution in [3.63, 3.8) is 0 Å². The van der Waals surface area contributed by atoms with Crippen molar-refractivity contribution < 1.29 is 27.2 Å². The van der Waals surface area contributed by atoms with E-state index >= 15 is 0 Å². The number of fused-ring (bicyclic) bond motifs is 1. The molecule has 0 aliphatic rings. The first kappa shape index (κ1) is 22.5. The number of para-hydroxylation sites is 1. The summed E-state index contributed by atoms with van der Waals surface area (Å²) >= 11 is 0. The number of aromatic amines is 1. The monoisotopic (exact) mass is 466 g/mol. The van der Waals surface area contributed by atoms with Gasteiger partial charge < -0.3 is 14.1 Å². The molecule has 2 aromatic heterocycles. The maximum atomic E-state index is 12.8. The number of nitrogens with one attached hydrogen (secondary N) is 2. The largest absolute Gasteiger partial charge is 0.468 e. The Labute approximate surface area is 190 Å². The van der Waals surface area contributed by atoms with Gasteiger partial charge in [-0.05, 0) is 49.7 Å². The van der Waals surface area contributed by atoms with E-state index < -0.39 is 22.6 Å². The zero-order chi connectivity index (χ0) is 23.6. The van der Waals surface area contributed by atoms with E-state index in [1.54, 1.807) is 26.0 Å². The number of carbonyl (C=O) groups is 2. The van der Waals surface area contributed by atoms with Crippen molar-refractivity contribution in [2.75, 3.05) is 6.61 Å². The molecule has 33 heavy (non-hydrogen) atoms. The topological polar surface area (TPSA) is 118 Å².